The standard InChI is InChI=1S/C20H26N2O4S2/c1-6-26-18-12-9-16(13-19(18)28(24,25)22(4)5)21-20(23)15(3)27-17-10-7-14(2)8-11-17/h7-13,15H,6H2,1-5H3,(H,21,23)/t15-/m0/s1. The highest BCUT2D eigenvalue weighted by Crippen LogP contribution is 2.30. The molecule has 0 aromatic heterocycles. The predicted molar refractivity (Wildman–Crippen MR) is 114 cm³/mol. The van der Waals surface area contributed by atoms with Gasteiger partial charge in [-0.3, -0.25) is 4.79 Å². The SMILES string of the molecule is CCOc1ccc(NC(=O)[C@H](C)Sc2ccc(C)cc2)cc1S(=O)(=O)N(C)C. The van der Waals surface area contributed by atoms with Gasteiger partial charge in [0.2, 0.25) is 15.9 Å². The molecule has 6 nitrogen and oxygen atoms in total. The van der Waals surface area contributed by atoms with Crippen LogP contribution >= 0.6 is 11.8 Å². The van der Waals surface area contributed by atoms with E-state index in [1.165, 1.54) is 31.9 Å². The number of rotatable bonds is 8. The number of carbonyl (C=O) groups excluding carboxylic acids is 1. The Morgan fingerprint density at radius 2 is 1.82 bits per heavy atom. The van der Waals surface area contributed by atoms with Crippen molar-refractivity contribution in [1.82, 2.24) is 4.31 Å². The largest absolute Gasteiger partial charge is 0.492 e. The summed E-state index contributed by atoms with van der Waals surface area (Å²) in [6, 6.07) is 12.6. The maximum atomic E-state index is 12.6. The number of nitrogens with one attached hydrogen (secondary N) is 1. The second-order valence-corrected chi connectivity index (χ2v) is 9.98. The molecule has 1 N–H and O–H groups in total. The van der Waals surface area contributed by atoms with E-state index in [0.717, 1.165) is 14.8 Å². The fourth-order valence-corrected chi connectivity index (χ4v) is 4.30. The number of benzene rings is 2. The van der Waals surface area contributed by atoms with Gasteiger partial charge in [-0.15, -0.1) is 11.8 Å². The maximum Gasteiger partial charge on any atom is 0.246 e. The summed E-state index contributed by atoms with van der Waals surface area (Å²) in [5.74, 6) is 0.0548. The van der Waals surface area contributed by atoms with Gasteiger partial charge in [0.1, 0.15) is 10.6 Å². The molecule has 0 spiro atoms. The Morgan fingerprint density at radius 1 is 1.18 bits per heavy atom. The number of sulfonamides is 1. The van der Waals surface area contributed by atoms with Crippen molar-refractivity contribution in [3.05, 3.63) is 48.0 Å². The Hall–Kier alpha value is -2.03. The molecule has 2 rings (SSSR count). The summed E-state index contributed by atoms with van der Waals surface area (Å²) in [7, 11) is -0.799. The van der Waals surface area contributed by atoms with E-state index in [1.54, 1.807) is 19.1 Å². The number of ether oxygens (including phenoxy) is 1. The Labute approximate surface area is 171 Å². The van der Waals surface area contributed by atoms with Crippen molar-refractivity contribution in [2.24, 2.45) is 0 Å². The zero-order valence-corrected chi connectivity index (χ0v) is 18.4. The molecule has 2 aromatic rings. The summed E-state index contributed by atoms with van der Waals surface area (Å²) in [5, 5.41) is 2.45. The van der Waals surface area contributed by atoms with Gasteiger partial charge in [-0.2, -0.15) is 0 Å². The van der Waals surface area contributed by atoms with Crippen LogP contribution in [0.1, 0.15) is 19.4 Å². The Morgan fingerprint density at radius 3 is 2.39 bits per heavy atom. The van der Waals surface area contributed by atoms with Crippen LogP contribution in [0.3, 0.4) is 0 Å². The molecule has 8 heteroatoms. The summed E-state index contributed by atoms with van der Waals surface area (Å²) < 4.78 is 31.8. The van der Waals surface area contributed by atoms with E-state index in [-0.39, 0.29) is 21.8 Å². The Bertz CT molecular complexity index is 926. The van der Waals surface area contributed by atoms with Crippen LogP contribution in [-0.2, 0) is 14.8 Å². The Balaban J connectivity index is 2.20. The van der Waals surface area contributed by atoms with E-state index in [1.807, 2.05) is 38.1 Å². The summed E-state index contributed by atoms with van der Waals surface area (Å²) >= 11 is 1.44. The first-order valence-electron chi connectivity index (χ1n) is 8.88. The number of anilines is 1. The van der Waals surface area contributed by atoms with Crippen LogP contribution in [0, 0.1) is 6.92 Å². The number of thioether (sulfide) groups is 1. The molecule has 0 saturated heterocycles. The molecule has 1 atom stereocenters. The van der Waals surface area contributed by atoms with Gasteiger partial charge in [0.05, 0.1) is 11.9 Å². The first-order chi connectivity index (χ1) is 13.1. The van der Waals surface area contributed by atoms with Gasteiger partial charge in [-0.05, 0) is 51.1 Å². The fourth-order valence-electron chi connectivity index (χ4n) is 2.38. The maximum absolute atomic E-state index is 12.6. The van der Waals surface area contributed by atoms with Gasteiger partial charge < -0.3 is 10.1 Å². The van der Waals surface area contributed by atoms with E-state index in [4.69, 9.17) is 4.74 Å². The molecule has 1 amide bonds. The summed E-state index contributed by atoms with van der Waals surface area (Å²) in [6.45, 7) is 5.94. The van der Waals surface area contributed by atoms with Gasteiger partial charge in [0.15, 0.2) is 0 Å². The highest BCUT2D eigenvalue weighted by molar-refractivity contribution is 8.00. The number of carbonyl (C=O) groups is 1. The highest BCUT2D eigenvalue weighted by Gasteiger charge is 2.24. The second-order valence-electron chi connectivity index (χ2n) is 6.44. The molecule has 0 radical (unpaired) electrons. The number of aryl methyl sites for hydroxylation is 1. The zero-order valence-electron chi connectivity index (χ0n) is 16.7. The second kappa shape index (κ2) is 9.45. The predicted octanol–water partition coefficient (Wildman–Crippen LogP) is 3.76. The molecule has 0 heterocycles. The molecule has 0 fully saturated rings. The van der Waals surface area contributed by atoms with Crippen molar-refractivity contribution in [3.63, 3.8) is 0 Å². The average Bonchev–Trinajstić information content (AvgIpc) is 2.64. The molecule has 0 aliphatic heterocycles. The van der Waals surface area contributed by atoms with Crippen molar-refractivity contribution < 1.29 is 17.9 Å². The lowest BCUT2D eigenvalue weighted by Crippen LogP contribution is -2.24. The normalized spacial score (nSPS) is 12.6. The summed E-state index contributed by atoms with van der Waals surface area (Å²) in [5.41, 5.74) is 1.57. The summed E-state index contributed by atoms with van der Waals surface area (Å²) in [4.78, 5) is 13.6. The van der Waals surface area contributed by atoms with Gasteiger partial charge in [0, 0.05) is 24.7 Å². The lowest BCUT2D eigenvalue weighted by Gasteiger charge is -2.17. The molecular weight excluding hydrogens is 396 g/mol. The van der Waals surface area contributed by atoms with Gasteiger partial charge in [-0.1, -0.05) is 17.7 Å². The van der Waals surface area contributed by atoms with E-state index in [2.05, 4.69) is 5.32 Å². The third-order valence-corrected chi connectivity index (χ3v) is 6.92. The number of amides is 1. The van der Waals surface area contributed by atoms with E-state index in [0.29, 0.717) is 12.3 Å². The smallest absolute Gasteiger partial charge is 0.246 e. The topological polar surface area (TPSA) is 75.7 Å². The minimum absolute atomic E-state index is 0.0241. The van der Waals surface area contributed by atoms with Crippen LogP contribution in [0.4, 0.5) is 5.69 Å². The molecular formula is C20H26N2O4S2. The van der Waals surface area contributed by atoms with Crippen LogP contribution < -0.4 is 10.1 Å². The van der Waals surface area contributed by atoms with E-state index in [9.17, 15) is 13.2 Å². The molecule has 0 saturated carbocycles. The number of hydrogen-bond donors (Lipinski definition) is 1. The first-order valence-corrected chi connectivity index (χ1v) is 11.2. The van der Waals surface area contributed by atoms with Crippen molar-refractivity contribution in [2.75, 3.05) is 26.0 Å². The van der Waals surface area contributed by atoms with Gasteiger partial charge >= 0.3 is 0 Å². The quantitative estimate of drug-likeness (QED) is 0.656. The molecule has 0 unspecified atom stereocenters. The van der Waals surface area contributed by atoms with Gasteiger partial charge in [-0.25, -0.2) is 12.7 Å². The summed E-state index contributed by atoms with van der Waals surface area (Å²) in [6.07, 6.45) is 0. The third-order valence-electron chi connectivity index (χ3n) is 3.97. The van der Waals surface area contributed by atoms with Crippen molar-refractivity contribution in [3.8, 4) is 5.75 Å². The average molecular weight is 423 g/mol. The third kappa shape index (κ3) is 5.50. The van der Waals surface area contributed by atoms with Crippen LogP contribution in [0.2, 0.25) is 0 Å². The molecule has 0 bridgehead atoms. The molecule has 0 aliphatic carbocycles. The highest BCUT2D eigenvalue weighted by atomic mass is 32.2. The van der Waals surface area contributed by atoms with Crippen LogP contribution in [0.5, 0.6) is 5.75 Å². The molecule has 28 heavy (non-hydrogen) atoms. The first kappa shape index (κ1) is 22.3. The molecule has 0 aliphatic rings. The number of nitrogens with zero attached hydrogens (tertiary/aromatic N) is 1. The Kier molecular flexibility index (Phi) is 7.51. The van der Waals surface area contributed by atoms with Crippen LogP contribution in [0.25, 0.3) is 0 Å². The zero-order chi connectivity index (χ0) is 20.9. The van der Waals surface area contributed by atoms with Crippen LogP contribution in [-0.4, -0.2) is 44.6 Å². The lowest BCUT2D eigenvalue weighted by atomic mass is 10.2. The minimum atomic E-state index is -3.71. The fraction of sp³-hybridized carbons (Fsp3) is 0.350. The number of hydrogen-bond acceptors (Lipinski definition) is 5. The van der Waals surface area contributed by atoms with Crippen molar-refractivity contribution >= 4 is 33.4 Å². The van der Waals surface area contributed by atoms with E-state index < -0.39 is 10.0 Å². The lowest BCUT2D eigenvalue weighted by molar-refractivity contribution is -0.115. The van der Waals surface area contributed by atoms with Crippen molar-refractivity contribution in [2.45, 2.75) is 35.8 Å². The minimum Gasteiger partial charge on any atom is -0.492 e. The van der Waals surface area contributed by atoms with Gasteiger partial charge in [0.25, 0.3) is 0 Å². The van der Waals surface area contributed by atoms with Crippen LogP contribution in [0.15, 0.2) is 52.3 Å². The van der Waals surface area contributed by atoms with E-state index >= 15 is 0 Å². The van der Waals surface area contributed by atoms with Crippen molar-refractivity contribution in [1.29, 1.82) is 0 Å². The monoisotopic (exact) mass is 422 g/mol. The molecule has 2 aromatic carbocycles. The molecule has 152 valence electrons.